The largest absolute Gasteiger partial charge is 0.495 e. The van der Waals surface area contributed by atoms with E-state index in [2.05, 4.69) is 5.32 Å². The van der Waals surface area contributed by atoms with E-state index in [0.29, 0.717) is 5.75 Å². The second-order valence-corrected chi connectivity index (χ2v) is 9.32. The quantitative estimate of drug-likeness (QED) is 0.509. The zero-order chi connectivity index (χ0) is 22.6. The molecule has 0 bridgehead atoms. The number of methoxy groups -OCH3 is 1. The Kier molecular flexibility index (Phi) is 7.10. The van der Waals surface area contributed by atoms with Crippen LogP contribution in [0, 0.1) is 6.92 Å². The molecule has 0 spiro atoms. The Morgan fingerprint density at radius 3 is 2.19 bits per heavy atom. The summed E-state index contributed by atoms with van der Waals surface area (Å²) < 4.78 is 33.3. The number of hydrogen-bond acceptors (Lipinski definition) is 4. The van der Waals surface area contributed by atoms with Crippen LogP contribution in [0.25, 0.3) is 0 Å². The number of nitrogens with one attached hydrogen (secondary N) is 1. The molecule has 0 aliphatic rings. The van der Waals surface area contributed by atoms with E-state index in [1.165, 1.54) is 19.2 Å². The topological polar surface area (TPSA) is 75.7 Å². The number of halogens is 2. The summed E-state index contributed by atoms with van der Waals surface area (Å²) in [6.07, 6.45) is 0. The average molecular weight is 479 g/mol. The maximum atomic E-state index is 13.5. The first-order valence-corrected chi connectivity index (χ1v) is 11.4. The van der Waals surface area contributed by atoms with Gasteiger partial charge in [-0.2, -0.15) is 0 Å². The molecule has 0 fully saturated rings. The van der Waals surface area contributed by atoms with E-state index in [9.17, 15) is 13.2 Å². The van der Waals surface area contributed by atoms with Gasteiger partial charge in [-0.1, -0.05) is 59.1 Å². The molecule has 0 saturated carbocycles. The van der Waals surface area contributed by atoms with Crippen LogP contribution in [0.1, 0.15) is 5.56 Å². The fourth-order valence-electron chi connectivity index (χ4n) is 2.90. The Hall–Kier alpha value is -2.74. The lowest BCUT2D eigenvalue weighted by Gasteiger charge is -2.25. The van der Waals surface area contributed by atoms with Crippen LogP contribution >= 0.6 is 23.2 Å². The molecule has 0 saturated heterocycles. The van der Waals surface area contributed by atoms with Gasteiger partial charge in [0.2, 0.25) is 5.91 Å². The highest BCUT2D eigenvalue weighted by Gasteiger charge is 2.29. The first-order valence-electron chi connectivity index (χ1n) is 9.20. The third-order valence-corrected chi connectivity index (χ3v) is 6.88. The molecule has 3 rings (SSSR count). The summed E-state index contributed by atoms with van der Waals surface area (Å²) in [6.45, 7) is 1.34. The van der Waals surface area contributed by atoms with Crippen LogP contribution in [0.3, 0.4) is 0 Å². The first kappa shape index (κ1) is 22.9. The molecule has 162 valence electrons. The molecular formula is C22H20Cl2N2O4S. The molecule has 3 aromatic rings. The normalized spacial score (nSPS) is 11.1. The molecule has 31 heavy (non-hydrogen) atoms. The van der Waals surface area contributed by atoms with Crippen molar-refractivity contribution in [1.29, 1.82) is 0 Å². The summed E-state index contributed by atoms with van der Waals surface area (Å²) in [6, 6.07) is 17.7. The molecule has 0 aliphatic carbocycles. The molecule has 1 amide bonds. The number of sulfonamides is 1. The van der Waals surface area contributed by atoms with Gasteiger partial charge in [-0.05, 0) is 43.3 Å². The van der Waals surface area contributed by atoms with Crippen LogP contribution in [-0.2, 0) is 14.8 Å². The fraction of sp³-hybridized carbons (Fsp3) is 0.136. The summed E-state index contributed by atoms with van der Waals surface area (Å²) in [5.74, 6) is -0.307. The van der Waals surface area contributed by atoms with Gasteiger partial charge < -0.3 is 10.1 Å². The van der Waals surface area contributed by atoms with Crippen LogP contribution in [0.15, 0.2) is 71.6 Å². The van der Waals surface area contributed by atoms with E-state index in [1.54, 1.807) is 54.6 Å². The maximum Gasteiger partial charge on any atom is 0.264 e. The number of nitrogens with zero attached hydrogens (tertiary/aromatic N) is 1. The van der Waals surface area contributed by atoms with Crippen molar-refractivity contribution in [2.45, 2.75) is 11.8 Å². The van der Waals surface area contributed by atoms with Crippen molar-refractivity contribution in [3.8, 4) is 5.75 Å². The van der Waals surface area contributed by atoms with Crippen molar-refractivity contribution in [2.24, 2.45) is 0 Å². The highest BCUT2D eigenvalue weighted by molar-refractivity contribution is 7.92. The molecule has 0 aliphatic heterocycles. The molecular weight excluding hydrogens is 459 g/mol. The van der Waals surface area contributed by atoms with E-state index >= 15 is 0 Å². The number of para-hydroxylation sites is 3. The maximum absolute atomic E-state index is 13.5. The minimum atomic E-state index is -4.08. The molecule has 1 N–H and O–H groups in total. The molecule has 0 unspecified atom stereocenters. The Morgan fingerprint density at radius 1 is 0.968 bits per heavy atom. The monoisotopic (exact) mass is 478 g/mol. The number of ether oxygens (including phenoxy) is 1. The minimum absolute atomic E-state index is 0.0487. The summed E-state index contributed by atoms with van der Waals surface area (Å²) in [4.78, 5) is 12.9. The lowest BCUT2D eigenvalue weighted by atomic mass is 10.2. The van der Waals surface area contributed by atoms with Gasteiger partial charge in [0.25, 0.3) is 10.0 Å². The summed E-state index contributed by atoms with van der Waals surface area (Å²) in [5, 5.41) is 3.08. The summed E-state index contributed by atoms with van der Waals surface area (Å²) >= 11 is 12.2. The standard InChI is InChI=1S/C22H20Cl2N2O4S/c1-15-10-12-16(13-11-15)31(28,29)26(19-8-3-4-9-20(19)30-2)14-21(27)25-22-17(23)6-5-7-18(22)24/h3-13H,14H2,1-2H3,(H,25,27). The van der Waals surface area contributed by atoms with Crippen molar-refractivity contribution in [3.05, 3.63) is 82.3 Å². The van der Waals surface area contributed by atoms with Gasteiger partial charge >= 0.3 is 0 Å². The second kappa shape index (κ2) is 9.60. The number of anilines is 2. The predicted molar refractivity (Wildman–Crippen MR) is 124 cm³/mol. The average Bonchev–Trinajstić information content (AvgIpc) is 2.75. The molecule has 3 aromatic carbocycles. The van der Waals surface area contributed by atoms with E-state index in [1.807, 2.05) is 6.92 Å². The number of amides is 1. The smallest absolute Gasteiger partial charge is 0.264 e. The van der Waals surface area contributed by atoms with Gasteiger partial charge in [-0.3, -0.25) is 9.10 Å². The Labute approximate surface area is 191 Å². The molecule has 6 nitrogen and oxygen atoms in total. The Morgan fingerprint density at radius 2 is 1.58 bits per heavy atom. The van der Waals surface area contributed by atoms with E-state index in [-0.39, 0.29) is 26.3 Å². The lowest BCUT2D eigenvalue weighted by molar-refractivity contribution is -0.114. The Bertz CT molecular complexity index is 1180. The molecule has 0 radical (unpaired) electrons. The molecule has 0 heterocycles. The van der Waals surface area contributed by atoms with Crippen molar-refractivity contribution in [2.75, 3.05) is 23.3 Å². The van der Waals surface area contributed by atoms with Gasteiger partial charge in [-0.15, -0.1) is 0 Å². The number of carbonyl (C=O) groups excluding carboxylic acids is 1. The molecule has 9 heteroatoms. The predicted octanol–water partition coefficient (Wildman–Crippen LogP) is 5.14. The van der Waals surface area contributed by atoms with Crippen LogP contribution in [0.5, 0.6) is 5.75 Å². The van der Waals surface area contributed by atoms with Gasteiger partial charge in [0.1, 0.15) is 12.3 Å². The van der Waals surface area contributed by atoms with Gasteiger partial charge in [0.15, 0.2) is 0 Å². The summed E-state index contributed by atoms with van der Waals surface area (Å²) in [5.41, 5.74) is 1.35. The number of aryl methyl sites for hydroxylation is 1. The zero-order valence-electron chi connectivity index (χ0n) is 16.8. The number of rotatable bonds is 7. The third kappa shape index (κ3) is 5.12. The van der Waals surface area contributed by atoms with Gasteiger partial charge in [-0.25, -0.2) is 8.42 Å². The van der Waals surface area contributed by atoms with E-state index in [4.69, 9.17) is 27.9 Å². The van der Waals surface area contributed by atoms with Crippen molar-refractivity contribution in [1.82, 2.24) is 0 Å². The van der Waals surface area contributed by atoms with Crippen molar-refractivity contribution >= 4 is 50.5 Å². The van der Waals surface area contributed by atoms with Crippen molar-refractivity contribution < 1.29 is 17.9 Å². The minimum Gasteiger partial charge on any atom is -0.495 e. The zero-order valence-corrected chi connectivity index (χ0v) is 19.1. The first-order chi connectivity index (χ1) is 14.7. The van der Waals surface area contributed by atoms with Crippen LogP contribution < -0.4 is 14.4 Å². The third-order valence-electron chi connectivity index (χ3n) is 4.48. The summed E-state index contributed by atoms with van der Waals surface area (Å²) in [7, 11) is -2.65. The number of carbonyl (C=O) groups is 1. The lowest BCUT2D eigenvalue weighted by Crippen LogP contribution is -2.38. The Balaban J connectivity index is 2.02. The molecule has 0 atom stereocenters. The second-order valence-electron chi connectivity index (χ2n) is 6.64. The number of hydrogen-bond donors (Lipinski definition) is 1. The van der Waals surface area contributed by atoms with Crippen LogP contribution in [-0.4, -0.2) is 28.0 Å². The van der Waals surface area contributed by atoms with Gasteiger partial charge in [0.05, 0.1) is 33.4 Å². The van der Waals surface area contributed by atoms with Crippen LogP contribution in [0.2, 0.25) is 10.0 Å². The highest BCUT2D eigenvalue weighted by Crippen LogP contribution is 2.33. The van der Waals surface area contributed by atoms with Crippen LogP contribution in [0.4, 0.5) is 11.4 Å². The van der Waals surface area contributed by atoms with Crippen molar-refractivity contribution in [3.63, 3.8) is 0 Å². The highest BCUT2D eigenvalue weighted by atomic mass is 35.5. The van der Waals surface area contributed by atoms with E-state index in [0.717, 1.165) is 9.87 Å². The van der Waals surface area contributed by atoms with E-state index < -0.39 is 22.5 Å². The fourth-order valence-corrected chi connectivity index (χ4v) is 4.82. The molecule has 0 aromatic heterocycles. The SMILES string of the molecule is COc1ccccc1N(CC(=O)Nc1c(Cl)cccc1Cl)S(=O)(=O)c1ccc(C)cc1. The van der Waals surface area contributed by atoms with Gasteiger partial charge in [0, 0.05) is 0 Å². The number of benzene rings is 3.